The van der Waals surface area contributed by atoms with E-state index in [0.29, 0.717) is 31.9 Å². The predicted molar refractivity (Wildman–Crippen MR) is 112 cm³/mol. The number of sulfonamides is 1. The van der Waals surface area contributed by atoms with Gasteiger partial charge in [-0.25, -0.2) is 8.42 Å². The fourth-order valence-corrected chi connectivity index (χ4v) is 5.88. The molecule has 0 bridgehead atoms. The fourth-order valence-electron chi connectivity index (χ4n) is 4.46. The van der Waals surface area contributed by atoms with Crippen molar-refractivity contribution in [3.8, 4) is 5.75 Å². The van der Waals surface area contributed by atoms with E-state index in [1.165, 1.54) is 10.7 Å². The molecule has 7 nitrogen and oxygen atoms in total. The van der Waals surface area contributed by atoms with Crippen LogP contribution in [0.1, 0.15) is 40.0 Å². The van der Waals surface area contributed by atoms with Crippen molar-refractivity contribution in [1.82, 2.24) is 14.1 Å². The zero-order valence-electron chi connectivity index (χ0n) is 17.9. The Morgan fingerprint density at radius 3 is 2.10 bits per heavy atom. The second-order valence-corrected chi connectivity index (χ2v) is 10.1. The maximum atomic E-state index is 13.1. The third kappa shape index (κ3) is 4.59. The summed E-state index contributed by atoms with van der Waals surface area (Å²) in [5.41, 5.74) is 0. The highest BCUT2D eigenvalue weighted by Crippen LogP contribution is 2.25. The Hall–Kier alpha value is -1.64. The number of hydrogen-bond donors (Lipinski definition) is 0. The van der Waals surface area contributed by atoms with Gasteiger partial charge in [-0.05, 0) is 64.3 Å². The van der Waals surface area contributed by atoms with Crippen LogP contribution in [-0.4, -0.2) is 79.8 Å². The third-order valence-corrected chi connectivity index (χ3v) is 8.24. The number of carbonyl (C=O) groups is 1. The summed E-state index contributed by atoms with van der Waals surface area (Å²) in [6.45, 7) is 8.08. The Balaban J connectivity index is 1.62. The summed E-state index contributed by atoms with van der Waals surface area (Å²) in [6.07, 6.45) is 3.27. The zero-order valence-corrected chi connectivity index (χ0v) is 18.7. The number of piperazine rings is 1. The first-order valence-corrected chi connectivity index (χ1v) is 11.9. The van der Waals surface area contributed by atoms with Gasteiger partial charge in [0, 0.05) is 38.3 Å². The molecule has 2 aliphatic heterocycles. The summed E-state index contributed by atoms with van der Waals surface area (Å²) in [5, 5.41) is 0. The number of methoxy groups -OCH3 is 1. The molecule has 2 aliphatic rings. The van der Waals surface area contributed by atoms with Crippen molar-refractivity contribution in [2.45, 2.75) is 63.1 Å². The molecule has 2 heterocycles. The third-order valence-electron chi connectivity index (χ3n) is 6.32. The first-order chi connectivity index (χ1) is 13.8. The van der Waals surface area contributed by atoms with Gasteiger partial charge in [-0.2, -0.15) is 4.31 Å². The van der Waals surface area contributed by atoms with Crippen LogP contribution in [0.2, 0.25) is 0 Å². The highest BCUT2D eigenvalue weighted by Gasteiger charge is 2.36. The number of piperidine rings is 1. The van der Waals surface area contributed by atoms with E-state index in [4.69, 9.17) is 4.74 Å². The monoisotopic (exact) mass is 423 g/mol. The molecule has 2 fully saturated rings. The Morgan fingerprint density at radius 1 is 1.03 bits per heavy atom. The molecule has 0 saturated carbocycles. The molecule has 1 aromatic rings. The first kappa shape index (κ1) is 22.1. The zero-order chi connectivity index (χ0) is 21.2. The molecule has 0 N–H and O–H groups in total. The topological polar surface area (TPSA) is 70.2 Å². The minimum Gasteiger partial charge on any atom is -0.497 e. The SMILES string of the molecule is COc1ccc(S(=O)(=O)N2CCN([C@H](C)C(=O)N3[C@H](C)CCC[C@H]3C)CC2)cc1. The van der Waals surface area contributed by atoms with Crippen LogP contribution in [-0.2, 0) is 14.8 Å². The standard InChI is InChI=1S/C21H33N3O4S/c1-16-6-5-7-17(2)24(16)21(25)18(3)22-12-14-23(15-13-22)29(26,27)20-10-8-19(28-4)9-11-20/h8-11,16-18H,5-7,12-15H2,1-4H3/t16-,17-,18-/m1/s1. The number of rotatable bonds is 5. The summed E-state index contributed by atoms with van der Waals surface area (Å²) < 4.78 is 32.5. The minimum absolute atomic E-state index is 0.163. The van der Waals surface area contributed by atoms with Crippen LogP contribution in [0.25, 0.3) is 0 Å². The maximum Gasteiger partial charge on any atom is 0.243 e. The molecule has 0 aromatic heterocycles. The molecule has 0 unspecified atom stereocenters. The largest absolute Gasteiger partial charge is 0.497 e. The maximum absolute atomic E-state index is 13.1. The second kappa shape index (κ2) is 9.02. The second-order valence-electron chi connectivity index (χ2n) is 8.17. The average Bonchev–Trinajstić information content (AvgIpc) is 2.73. The molecule has 0 radical (unpaired) electrons. The van der Waals surface area contributed by atoms with E-state index in [1.54, 1.807) is 31.4 Å². The smallest absolute Gasteiger partial charge is 0.243 e. The van der Waals surface area contributed by atoms with E-state index in [0.717, 1.165) is 12.8 Å². The fraction of sp³-hybridized carbons (Fsp3) is 0.667. The molecule has 8 heteroatoms. The van der Waals surface area contributed by atoms with Crippen molar-refractivity contribution >= 4 is 15.9 Å². The number of nitrogens with zero attached hydrogens (tertiary/aromatic N) is 3. The van der Waals surface area contributed by atoms with Crippen LogP contribution in [0.5, 0.6) is 5.75 Å². The number of ether oxygens (including phenoxy) is 1. The highest BCUT2D eigenvalue weighted by molar-refractivity contribution is 7.89. The van der Waals surface area contributed by atoms with E-state index in [1.807, 2.05) is 11.8 Å². The van der Waals surface area contributed by atoms with Gasteiger partial charge >= 0.3 is 0 Å². The van der Waals surface area contributed by atoms with E-state index >= 15 is 0 Å². The number of likely N-dealkylation sites (tertiary alicyclic amines) is 1. The lowest BCUT2D eigenvalue weighted by Gasteiger charge is -2.43. The Morgan fingerprint density at radius 2 is 1.59 bits per heavy atom. The molecule has 1 amide bonds. The van der Waals surface area contributed by atoms with Crippen molar-refractivity contribution in [3.63, 3.8) is 0 Å². The lowest BCUT2D eigenvalue weighted by molar-refractivity contribution is -0.143. The van der Waals surface area contributed by atoms with E-state index in [2.05, 4.69) is 18.7 Å². The van der Waals surface area contributed by atoms with Crippen LogP contribution in [0, 0.1) is 0 Å². The first-order valence-electron chi connectivity index (χ1n) is 10.5. The molecule has 1 aromatic carbocycles. The van der Waals surface area contributed by atoms with E-state index in [-0.39, 0.29) is 28.9 Å². The van der Waals surface area contributed by atoms with Crippen molar-refractivity contribution in [1.29, 1.82) is 0 Å². The molecule has 0 spiro atoms. The van der Waals surface area contributed by atoms with E-state index in [9.17, 15) is 13.2 Å². The molecule has 3 atom stereocenters. The van der Waals surface area contributed by atoms with E-state index < -0.39 is 10.0 Å². The molecule has 2 saturated heterocycles. The molecular formula is C21H33N3O4S. The quantitative estimate of drug-likeness (QED) is 0.726. The van der Waals surface area contributed by atoms with Crippen LogP contribution in [0.4, 0.5) is 0 Å². The predicted octanol–water partition coefficient (Wildman–Crippen LogP) is 2.18. The van der Waals surface area contributed by atoms with Crippen LogP contribution in [0.15, 0.2) is 29.2 Å². The number of hydrogen-bond acceptors (Lipinski definition) is 5. The normalized spacial score (nSPS) is 25.6. The van der Waals surface area contributed by atoms with Gasteiger partial charge in [-0.3, -0.25) is 9.69 Å². The van der Waals surface area contributed by atoms with Crippen LogP contribution < -0.4 is 4.74 Å². The van der Waals surface area contributed by atoms with Crippen LogP contribution in [0.3, 0.4) is 0 Å². The molecular weight excluding hydrogens is 390 g/mol. The van der Waals surface area contributed by atoms with Gasteiger partial charge in [-0.1, -0.05) is 0 Å². The van der Waals surface area contributed by atoms with Gasteiger partial charge < -0.3 is 9.64 Å². The van der Waals surface area contributed by atoms with Crippen molar-refractivity contribution in [2.24, 2.45) is 0 Å². The number of benzene rings is 1. The molecule has 29 heavy (non-hydrogen) atoms. The molecule has 0 aliphatic carbocycles. The van der Waals surface area contributed by atoms with Gasteiger partial charge in [0.1, 0.15) is 5.75 Å². The van der Waals surface area contributed by atoms with Gasteiger partial charge in [0.25, 0.3) is 0 Å². The van der Waals surface area contributed by atoms with Crippen molar-refractivity contribution in [2.75, 3.05) is 33.3 Å². The van der Waals surface area contributed by atoms with Crippen molar-refractivity contribution in [3.05, 3.63) is 24.3 Å². The summed E-state index contributed by atoms with van der Waals surface area (Å²) in [5.74, 6) is 0.790. The molecule has 162 valence electrons. The summed E-state index contributed by atoms with van der Waals surface area (Å²) >= 11 is 0. The lowest BCUT2D eigenvalue weighted by atomic mass is 9.96. The summed E-state index contributed by atoms with van der Waals surface area (Å²) in [7, 11) is -1.99. The average molecular weight is 424 g/mol. The number of carbonyl (C=O) groups excluding carboxylic acids is 1. The van der Waals surface area contributed by atoms with Gasteiger partial charge in [0.15, 0.2) is 0 Å². The highest BCUT2D eigenvalue weighted by atomic mass is 32.2. The minimum atomic E-state index is -3.54. The van der Waals surface area contributed by atoms with Crippen molar-refractivity contribution < 1.29 is 17.9 Å². The van der Waals surface area contributed by atoms with Gasteiger partial charge in [-0.15, -0.1) is 0 Å². The Bertz CT molecular complexity index is 794. The summed E-state index contributed by atoms with van der Waals surface area (Å²) in [4.78, 5) is 17.5. The number of amides is 1. The van der Waals surface area contributed by atoms with Gasteiger partial charge in [0.2, 0.25) is 15.9 Å². The van der Waals surface area contributed by atoms with Crippen LogP contribution >= 0.6 is 0 Å². The Kier molecular flexibility index (Phi) is 6.86. The summed E-state index contributed by atoms with van der Waals surface area (Å²) in [6, 6.07) is 6.77. The molecule has 3 rings (SSSR count). The Labute approximate surface area is 174 Å². The van der Waals surface area contributed by atoms with Gasteiger partial charge in [0.05, 0.1) is 18.0 Å². The lowest BCUT2D eigenvalue weighted by Crippen LogP contribution is -2.58.